The Morgan fingerprint density at radius 3 is 2.37 bits per heavy atom. The summed E-state index contributed by atoms with van der Waals surface area (Å²) in [4.78, 5) is 13.7. The number of carboxylic acids is 1. The standard InChI is InChI=1S/C15H26N2O2/c18-15(19)11-2-1-3-13(10-11)16-12-6-8-17(9-7-12)14-4-5-14/h11-14,16H,1-10H2,(H,18,19). The number of hydrogen-bond acceptors (Lipinski definition) is 3. The maximum absolute atomic E-state index is 11.1. The van der Waals surface area contributed by atoms with Crippen LogP contribution in [-0.2, 0) is 4.79 Å². The number of piperidine rings is 1. The fourth-order valence-electron chi connectivity index (χ4n) is 3.77. The van der Waals surface area contributed by atoms with Gasteiger partial charge in [-0.05, 0) is 58.0 Å². The van der Waals surface area contributed by atoms with Crippen molar-refractivity contribution in [1.82, 2.24) is 10.2 Å². The second-order valence-corrected chi connectivity index (χ2v) is 6.61. The predicted molar refractivity (Wildman–Crippen MR) is 74.1 cm³/mol. The molecule has 4 heteroatoms. The van der Waals surface area contributed by atoms with E-state index >= 15 is 0 Å². The topological polar surface area (TPSA) is 52.6 Å². The van der Waals surface area contributed by atoms with E-state index in [1.54, 1.807) is 0 Å². The van der Waals surface area contributed by atoms with Crippen LogP contribution >= 0.6 is 0 Å². The molecule has 3 aliphatic rings. The van der Waals surface area contributed by atoms with Crippen molar-refractivity contribution in [3.63, 3.8) is 0 Å². The highest BCUT2D eigenvalue weighted by atomic mass is 16.4. The van der Waals surface area contributed by atoms with Crippen LogP contribution in [0, 0.1) is 5.92 Å². The highest BCUT2D eigenvalue weighted by Gasteiger charge is 2.33. The summed E-state index contributed by atoms with van der Waals surface area (Å²) < 4.78 is 0. The number of carbonyl (C=O) groups is 1. The van der Waals surface area contributed by atoms with Gasteiger partial charge in [-0.3, -0.25) is 4.79 Å². The number of nitrogens with one attached hydrogen (secondary N) is 1. The van der Waals surface area contributed by atoms with E-state index in [-0.39, 0.29) is 5.92 Å². The number of rotatable bonds is 4. The van der Waals surface area contributed by atoms with E-state index in [0.29, 0.717) is 12.1 Å². The molecule has 0 aromatic heterocycles. The molecule has 3 rings (SSSR count). The first-order valence-electron chi connectivity index (χ1n) is 7.95. The Hall–Kier alpha value is -0.610. The van der Waals surface area contributed by atoms with Gasteiger partial charge >= 0.3 is 5.97 Å². The van der Waals surface area contributed by atoms with Gasteiger partial charge in [0.2, 0.25) is 0 Å². The average molecular weight is 266 g/mol. The van der Waals surface area contributed by atoms with Crippen molar-refractivity contribution >= 4 is 5.97 Å². The van der Waals surface area contributed by atoms with E-state index in [1.165, 1.54) is 38.8 Å². The molecule has 0 aromatic rings. The Morgan fingerprint density at radius 1 is 1.00 bits per heavy atom. The largest absolute Gasteiger partial charge is 0.481 e. The van der Waals surface area contributed by atoms with Gasteiger partial charge in [-0.2, -0.15) is 0 Å². The lowest BCUT2D eigenvalue weighted by molar-refractivity contribution is -0.143. The maximum Gasteiger partial charge on any atom is 0.306 e. The third-order valence-corrected chi connectivity index (χ3v) is 5.09. The minimum Gasteiger partial charge on any atom is -0.481 e. The summed E-state index contributed by atoms with van der Waals surface area (Å²) in [5.74, 6) is -0.715. The fourth-order valence-corrected chi connectivity index (χ4v) is 3.77. The van der Waals surface area contributed by atoms with Crippen LogP contribution in [0.15, 0.2) is 0 Å². The summed E-state index contributed by atoms with van der Waals surface area (Å²) >= 11 is 0. The lowest BCUT2D eigenvalue weighted by atomic mass is 9.85. The first kappa shape index (κ1) is 13.4. The smallest absolute Gasteiger partial charge is 0.306 e. The molecule has 0 spiro atoms. The number of aliphatic carboxylic acids is 1. The zero-order valence-electron chi connectivity index (χ0n) is 11.7. The normalized spacial score (nSPS) is 34.3. The highest BCUT2D eigenvalue weighted by molar-refractivity contribution is 5.70. The van der Waals surface area contributed by atoms with Gasteiger partial charge in [0.1, 0.15) is 0 Å². The molecule has 1 saturated heterocycles. The molecule has 2 aliphatic carbocycles. The molecule has 0 bridgehead atoms. The molecule has 0 radical (unpaired) electrons. The Morgan fingerprint density at radius 2 is 1.74 bits per heavy atom. The molecule has 1 heterocycles. The monoisotopic (exact) mass is 266 g/mol. The molecule has 2 saturated carbocycles. The second-order valence-electron chi connectivity index (χ2n) is 6.61. The van der Waals surface area contributed by atoms with Crippen LogP contribution in [0.1, 0.15) is 51.4 Å². The van der Waals surface area contributed by atoms with Crippen molar-refractivity contribution in [2.45, 2.75) is 69.5 Å². The molecule has 1 aliphatic heterocycles. The van der Waals surface area contributed by atoms with Crippen LogP contribution in [-0.4, -0.2) is 47.2 Å². The van der Waals surface area contributed by atoms with E-state index in [2.05, 4.69) is 10.2 Å². The van der Waals surface area contributed by atoms with Crippen molar-refractivity contribution in [2.75, 3.05) is 13.1 Å². The Bertz CT molecular complexity index is 322. The van der Waals surface area contributed by atoms with Gasteiger partial charge in [0.05, 0.1) is 5.92 Å². The molecule has 108 valence electrons. The van der Waals surface area contributed by atoms with Gasteiger partial charge in [-0.1, -0.05) is 6.42 Å². The van der Waals surface area contributed by atoms with E-state index in [9.17, 15) is 4.79 Å². The van der Waals surface area contributed by atoms with Crippen LogP contribution in [0.5, 0.6) is 0 Å². The predicted octanol–water partition coefficient (Wildman–Crippen LogP) is 1.85. The first-order chi connectivity index (χ1) is 9.22. The van der Waals surface area contributed by atoms with Gasteiger partial charge in [0, 0.05) is 18.1 Å². The zero-order chi connectivity index (χ0) is 13.2. The SMILES string of the molecule is O=C(O)C1CCCC(NC2CCN(C3CC3)CC2)C1. The maximum atomic E-state index is 11.1. The molecule has 0 aromatic carbocycles. The van der Waals surface area contributed by atoms with Crippen molar-refractivity contribution in [2.24, 2.45) is 5.92 Å². The van der Waals surface area contributed by atoms with Crippen LogP contribution in [0.4, 0.5) is 0 Å². The molecule has 3 fully saturated rings. The van der Waals surface area contributed by atoms with E-state index in [0.717, 1.165) is 31.7 Å². The summed E-state index contributed by atoms with van der Waals surface area (Å²) in [7, 11) is 0. The summed E-state index contributed by atoms with van der Waals surface area (Å²) in [6.45, 7) is 2.47. The second kappa shape index (κ2) is 5.80. The Labute approximate surface area is 115 Å². The van der Waals surface area contributed by atoms with Gasteiger partial charge in [0.25, 0.3) is 0 Å². The van der Waals surface area contributed by atoms with Crippen molar-refractivity contribution < 1.29 is 9.90 Å². The fraction of sp³-hybridized carbons (Fsp3) is 0.933. The molecular formula is C15H26N2O2. The highest BCUT2D eigenvalue weighted by Crippen LogP contribution is 2.30. The van der Waals surface area contributed by atoms with Gasteiger partial charge in [-0.25, -0.2) is 0 Å². The van der Waals surface area contributed by atoms with Crippen LogP contribution < -0.4 is 5.32 Å². The average Bonchev–Trinajstić information content (AvgIpc) is 3.24. The minimum absolute atomic E-state index is 0.113. The summed E-state index contributed by atoms with van der Waals surface area (Å²) in [5, 5.41) is 12.9. The summed E-state index contributed by atoms with van der Waals surface area (Å²) in [6, 6.07) is 1.95. The summed E-state index contributed by atoms with van der Waals surface area (Å²) in [5.41, 5.74) is 0. The lowest BCUT2D eigenvalue weighted by Crippen LogP contribution is -2.48. The van der Waals surface area contributed by atoms with Gasteiger partial charge in [-0.15, -0.1) is 0 Å². The van der Waals surface area contributed by atoms with E-state index in [1.807, 2.05) is 0 Å². The zero-order valence-corrected chi connectivity index (χ0v) is 11.7. The van der Waals surface area contributed by atoms with Gasteiger partial charge in [0.15, 0.2) is 0 Å². The first-order valence-corrected chi connectivity index (χ1v) is 7.95. The number of likely N-dealkylation sites (tertiary alicyclic amines) is 1. The Balaban J connectivity index is 1.42. The summed E-state index contributed by atoms with van der Waals surface area (Å²) in [6.07, 6.45) is 9.21. The molecule has 2 unspecified atom stereocenters. The number of carboxylic acid groups (broad SMARTS) is 1. The lowest BCUT2D eigenvalue weighted by Gasteiger charge is -2.36. The minimum atomic E-state index is -0.602. The molecule has 19 heavy (non-hydrogen) atoms. The van der Waals surface area contributed by atoms with Crippen LogP contribution in [0.3, 0.4) is 0 Å². The van der Waals surface area contributed by atoms with E-state index < -0.39 is 5.97 Å². The van der Waals surface area contributed by atoms with Crippen molar-refractivity contribution in [1.29, 1.82) is 0 Å². The number of hydrogen-bond donors (Lipinski definition) is 2. The number of nitrogens with zero attached hydrogens (tertiary/aromatic N) is 1. The van der Waals surface area contributed by atoms with Crippen LogP contribution in [0.2, 0.25) is 0 Å². The van der Waals surface area contributed by atoms with Crippen molar-refractivity contribution in [3.8, 4) is 0 Å². The van der Waals surface area contributed by atoms with Crippen molar-refractivity contribution in [3.05, 3.63) is 0 Å². The third kappa shape index (κ3) is 3.48. The Kier molecular flexibility index (Phi) is 4.08. The molecular weight excluding hydrogens is 240 g/mol. The molecule has 2 atom stereocenters. The quantitative estimate of drug-likeness (QED) is 0.815. The van der Waals surface area contributed by atoms with Gasteiger partial charge < -0.3 is 15.3 Å². The molecule has 2 N–H and O–H groups in total. The molecule has 4 nitrogen and oxygen atoms in total. The van der Waals surface area contributed by atoms with E-state index in [4.69, 9.17) is 5.11 Å². The third-order valence-electron chi connectivity index (χ3n) is 5.09. The van der Waals surface area contributed by atoms with Crippen LogP contribution in [0.25, 0.3) is 0 Å². The molecule has 0 amide bonds.